The third kappa shape index (κ3) is 6.60. The third-order valence-corrected chi connectivity index (χ3v) is 6.40. The highest BCUT2D eigenvalue weighted by molar-refractivity contribution is 5.98. The Kier molecular flexibility index (Phi) is 9.41. The maximum absolute atomic E-state index is 13.5. The first-order valence-corrected chi connectivity index (χ1v) is 12.3. The van der Waals surface area contributed by atoms with Crippen LogP contribution in [0.2, 0.25) is 0 Å². The van der Waals surface area contributed by atoms with E-state index < -0.39 is 0 Å². The summed E-state index contributed by atoms with van der Waals surface area (Å²) in [5.74, 6) is -0.130. The second-order valence-electron chi connectivity index (χ2n) is 9.30. The molecule has 3 rings (SSSR count). The molecule has 0 unspecified atom stereocenters. The van der Waals surface area contributed by atoms with Crippen LogP contribution in [0.25, 0.3) is 0 Å². The summed E-state index contributed by atoms with van der Waals surface area (Å²) in [5, 5.41) is 2.85. The number of nitrogens with zero attached hydrogens (tertiary/aromatic N) is 3. The number of methoxy groups -OCH3 is 1. The number of anilines is 1. The highest BCUT2D eigenvalue weighted by atomic mass is 16.5. The number of rotatable bonds is 5. The van der Waals surface area contributed by atoms with Gasteiger partial charge in [0.25, 0.3) is 11.8 Å². The average molecular weight is 497 g/mol. The lowest BCUT2D eigenvalue weighted by molar-refractivity contribution is -0.116. The third-order valence-electron chi connectivity index (χ3n) is 6.40. The summed E-state index contributed by atoms with van der Waals surface area (Å²) >= 11 is 0. The number of amides is 3. The smallest absolute Gasteiger partial charge is 0.257 e. The standard InChI is InChI=1S/C27H36N4O5/c1-6-7-25(32)29-21-8-9-22-23(14-21)36-17-19(3)31(26(33)20-10-12-28-13-11-20)15-18(2)24(35-5)16-30(4)27(22)34/h8-14,18-19,24H,6-7,15-17H2,1-5H3,(H,29,32)/t18-,19-,24-/m0/s1. The molecule has 0 spiro atoms. The number of carbonyl (C=O) groups is 3. The van der Waals surface area contributed by atoms with Crippen LogP contribution in [0.5, 0.6) is 5.75 Å². The Morgan fingerprint density at radius 2 is 1.89 bits per heavy atom. The zero-order valence-electron chi connectivity index (χ0n) is 21.7. The number of benzene rings is 1. The van der Waals surface area contributed by atoms with Crippen molar-refractivity contribution in [2.45, 2.75) is 45.8 Å². The molecule has 9 heteroatoms. The number of nitrogens with one attached hydrogen (secondary N) is 1. The SMILES string of the molecule is CCCC(=O)Nc1ccc2c(c1)OC[C@H](C)N(C(=O)c1ccncc1)C[C@H](C)[C@@H](OC)CN(C)C2=O. The lowest BCUT2D eigenvalue weighted by Gasteiger charge is -2.36. The normalized spacial score (nSPS) is 21.0. The van der Waals surface area contributed by atoms with Crippen LogP contribution in [0.1, 0.15) is 54.3 Å². The number of fused-ring (bicyclic) bond motifs is 1. The summed E-state index contributed by atoms with van der Waals surface area (Å²) in [6.45, 7) is 6.79. The molecule has 0 fully saturated rings. The summed E-state index contributed by atoms with van der Waals surface area (Å²) in [6, 6.07) is 8.11. The van der Waals surface area contributed by atoms with Crippen molar-refractivity contribution in [1.82, 2.24) is 14.8 Å². The van der Waals surface area contributed by atoms with Crippen LogP contribution in [0, 0.1) is 5.92 Å². The van der Waals surface area contributed by atoms with Crippen molar-refractivity contribution >= 4 is 23.4 Å². The van der Waals surface area contributed by atoms with Gasteiger partial charge in [-0.3, -0.25) is 19.4 Å². The van der Waals surface area contributed by atoms with Crippen molar-refractivity contribution in [3.8, 4) is 5.75 Å². The van der Waals surface area contributed by atoms with Crippen LogP contribution < -0.4 is 10.1 Å². The zero-order chi connectivity index (χ0) is 26.2. The van der Waals surface area contributed by atoms with Crippen LogP contribution in [-0.4, -0.2) is 78.5 Å². The Bertz CT molecular complexity index is 1060. The molecule has 0 aliphatic carbocycles. The van der Waals surface area contributed by atoms with E-state index in [0.29, 0.717) is 42.1 Å². The first-order chi connectivity index (χ1) is 17.2. The molecular weight excluding hydrogens is 460 g/mol. The Balaban J connectivity index is 1.97. The van der Waals surface area contributed by atoms with E-state index in [1.807, 2.05) is 20.8 Å². The highest BCUT2D eigenvalue weighted by Crippen LogP contribution is 2.27. The van der Waals surface area contributed by atoms with Crippen molar-refractivity contribution in [2.75, 3.05) is 39.2 Å². The number of hydrogen-bond donors (Lipinski definition) is 1. The zero-order valence-corrected chi connectivity index (χ0v) is 21.7. The summed E-state index contributed by atoms with van der Waals surface area (Å²) < 4.78 is 11.9. The maximum atomic E-state index is 13.5. The van der Waals surface area contributed by atoms with E-state index in [4.69, 9.17) is 9.47 Å². The van der Waals surface area contributed by atoms with Gasteiger partial charge in [-0.05, 0) is 37.6 Å². The molecule has 3 atom stereocenters. The summed E-state index contributed by atoms with van der Waals surface area (Å²) in [7, 11) is 3.34. The molecule has 3 amide bonds. The largest absolute Gasteiger partial charge is 0.491 e. The predicted molar refractivity (Wildman–Crippen MR) is 137 cm³/mol. The molecule has 0 saturated heterocycles. The van der Waals surface area contributed by atoms with E-state index in [1.54, 1.807) is 66.7 Å². The van der Waals surface area contributed by atoms with Gasteiger partial charge in [0.1, 0.15) is 12.4 Å². The fourth-order valence-electron chi connectivity index (χ4n) is 4.24. The molecule has 1 aliphatic heterocycles. The summed E-state index contributed by atoms with van der Waals surface area (Å²) in [4.78, 5) is 46.3. The molecule has 2 heterocycles. The van der Waals surface area contributed by atoms with Gasteiger partial charge < -0.3 is 24.6 Å². The van der Waals surface area contributed by atoms with E-state index >= 15 is 0 Å². The molecule has 0 saturated carbocycles. The van der Waals surface area contributed by atoms with E-state index in [-0.39, 0.29) is 42.4 Å². The lowest BCUT2D eigenvalue weighted by atomic mass is 10.0. The number of ether oxygens (including phenoxy) is 2. The molecule has 0 bridgehead atoms. The lowest BCUT2D eigenvalue weighted by Crippen LogP contribution is -2.48. The first-order valence-electron chi connectivity index (χ1n) is 12.3. The van der Waals surface area contributed by atoms with Crippen molar-refractivity contribution in [2.24, 2.45) is 5.92 Å². The molecule has 36 heavy (non-hydrogen) atoms. The molecule has 9 nitrogen and oxygen atoms in total. The monoisotopic (exact) mass is 496 g/mol. The van der Waals surface area contributed by atoms with Crippen molar-refractivity contribution in [3.05, 3.63) is 53.9 Å². The van der Waals surface area contributed by atoms with Gasteiger partial charge in [-0.2, -0.15) is 0 Å². The van der Waals surface area contributed by atoms with Gasteiger partial charge >= 0.3 is 0 Å². The van der Waals surface area contributed by atoms with Gasteiger partial charge in [-0.15, -0.1) is 0 Å². The van der Waals surface area contributed by atoms with Crippen molar-refractivity contribution in [3.63, 3.8) is 0 Å². The Labute approximate surface area is 212 Å². The second kappa shape index (κ2) is 12.5. The predicted octanol–water partition coefficient (Wildman–Crippen LogP) is 3.47. The summed E-state index contributed by atoms with van der Waals surface area (Å²) in [6.07, 6.45) is 4.04. The minimum Gasteiger partial charge on any atom is -0.491 e. The summed E-state index contributed by atoms with van der Waals surface area (Å²) in [5.41, 5.74) is 1.47. The van der Waals surface area contributed by atoms with Crippen LogP contribution in [0.15, 0.2) is 42.7 Å². The van der Waals surface area contributed by atoms with Gasteiger partial charge in [0.2, 0.25) is 5.91 Å². The quantitative estimate of drug-likeness (QED) is 0.680. The van der Waals surface area contributed by atoms with Gasteiger partial charge in [-0.25, -0.2) is 0 Å². The van der Waals surface area contributed by atoms with Crippen molar-refractivity contribution < 1.29 is 23.9 Å². The van der Waals surface area contributed by atoms with Gasteiger partial charge in [0.05, 0.1) is 17.7 Å². The number of hydrogen-bond acceptors (Lipinski definition) is 6. The first kappa shape index (κ1) is 27.1. The molecule has 1 N–H and O–H groups in total. The fraction of sp³-hybridized carbons (Fsp3) is 0.481. The molecule has 194 valence electrons. The van der Waals surface area contributed by atoms with E-state index in [1.165, 1.54) is 0 Å². The fourth-order valence-corrected chi connectivity index (χ4v) is 4.24. The van der Waals surface area contributed by atoms with E-state index in [2.05, 4.69) is 10.3 Å². The van der Waals surface area contributed by atoms with Crippen molar-refractivity contribution in [1.29, 1.82) is 0 Å². The molecular formula is C27H36N4O5. The second-order valence-corrected chi connectivity index (χ2v) is 9.30. The Morgan fingerprint density at radius 1 is 1.17 bits per heavy atom. The van der Waals surface area contributed by atoms with Crippen LogP contribution in [-0.2, 0) is 9.53 Å². The number of likely N-dealkylation sites (N-methyl/N-ethyl adjacent to an activating group) is 1. The molecule has 1 aromatic heterocycles. The minimum atomic E-state index is -0.302. The molecule has 1 aromatic carbocycles. The maximum Gasteiger partial charge on any atom is 0.257 e. The van der Waals surface area contributed by atoms with Crippen LogP contribution in [0.4, 0.5) is 5.69 Å². The molecule has 1 aliphatic rings. The number of pyridine rings is 1. The van der Waals surface area contributed by atoms with Gasteiger partial charge in [0, 0.05) is 69.3 Å². The van der Waals surface area contributed by atoms with E-state index in [0.717, 1.165) is 6.42 Å². The topological polar surface area (TPSA) is 101 Å². The van der Waals surface area contributed by atoms with Gasteiger partial charge in [0.15, 0.2) is 0 Å². The Hall–Kier alpha value is -3.46. The minimum absolute atomic E-state index is 0.0476. The number of carbonyl (C=O) groups excluding carboxylic acids is 3. The van der Waals surface area contributed by atoms with Crippen LogP contribution >= 0.6 is 0 Å². The number of aromatic nitrogens is 1. The Morgan fingerprint density at radius 3 is 2.56 bits per heavy atom. The molecule has 0 radical (unpaired) electrons. The van der Waals surface area contributed by atoms with Gasteiger partial charge in [-0.1, -0.05) is 13.8 Å². The average Bonchev–Trinajstić information content (AvgIpc) is 2.88. The van der Waals surface area contributed by atoms with Crippen LogP contribution in [0.3, 0.4) is 0 Å². The molecule has 2 aromatic rings. The van der Waals surface area contributed by atoms with E-state index in [9.17, 15) is 14.4 Å². The highest BCUT2D eigenvalue weighted by Gasteiger charge is 2.30.